The van der Waals surface area contributed by atoms with Crippen LogP contribution in [0, 0.1) is 11.3 Å². The molecule has 0 heterocycles. The summed E-state index contributed by atoms with van der Waals surface area (Å²) in [6, 6.07) is 7.39. The van der Waals surface area contributed by atoms with Crippen LogP contribution in [0.4, 0.5) is 0 Å². The zero-order valence-corrected chi connectivity index (χ0v) is 8.14. The lowest BCUT2D eigenvalue weighted by molar-refractivity contribution is 0.337. The summed E-state index contributed by atoms with van der Waals surface area (Å²) in [5.74, 6) is 0.705. The van der Waals surface area contributed by atoms with Crippen molar-refractivity contribution in [1.82, 2.24) is 0 Å². The van der Waals surface area contributed by atoms with E-state index in [1.807, 2.05) is 13.0 Å². The monoisotopic (exact) mass is 195 g/mol. The lowest BCUT2D eigenvalue weighted by Gasteiger charge is -2.07. The van der Waals surface area contributed by atoms with E-state index in [2.05, 4.69) is 6.07 Å². The molecule has 0 atom stereocenters. The lowest BCUT2D eigenvalue weighted by atomic mass is 10.1. The minimum atomic E-state index is 0.354. The van der Waals surface area contributed by atoms with E-state index in [1.165, 1.54) is 0 Å². The fourth-order valence-electron chi connectivity index (χ4n) is 1.05. The Morgan fingerprint density at radius 2 is 2.31 bits per heavy atom. The third kappa shape index (κ3) is 2.64. The average Bonchev–Trinajstić information content (AvgIpc) is 2.10. The molecule has 1 aromatic rings. The van der Waals surface area contributed by atoms with E-state index in [0.29, 0.717) is 23.8 Å². The minimum absolute atomic E-state index is 0.354. The molecule has 1 aromatic carbocycles. The molecule has 0 saturated carbocycles. The molecule has 0 radical (unpaired) electrons. The van der Waals surface area contributed by atoms with Gasteiger partial charge in [-0.1, -0.05) is 17.7 Å². The van der Waals surface area contributed by atoms with Crippen molar-refractivity contribution in [3.8, 4) is 11.8 Å². The predicted molar refractivity (Wildman–Crippen MR) is 51.9 cm³/mol. The van der Waals surface area contributed by atoms with Crippen LogP contribution >= 0.6 is 11.6 Å². The molecule has 0 aliphatic heterocycles. The van der Waals surface area contributed by atoms with Crippen LogP contribution in [0.15, 0.2) is 18.2 Å². The Bertz CT molecular complexity index is 330. The first kappa shape index (κ1) is 9.88. The molecular formula is C10H10ClNO. The maximum absolute atomic E-state index is 8.54. The van der Waals surface area contributed by atoms with Gasteiger partial charge in [-0.15, -0.1) is 0 Å². The summed E-state index contributed by atoms with van der Waals surface area (Å²) < 4.78 is 5.33. The molecule has 0 aliphatic rings. The molecule has 0 N–H and O–H groups in total. The SMILES string of the molecule is CCOc1cc(Cl)ccc1CC#N. The first-order valence-electron chi connectivity index (χ1n) is 4.06. The minimum Gasteiger partial charge on any atom is -0.494 e. The van der Waals surface area contributed by atoms with Gasteiger partial charge in [-0.25, -0.2) is 0 Å². The van der Waals surface area contributed by atoms with E-state index in [1.54, 1.807) is 12.1 Å². The standard InChI is InChI=1S/C10H10ClNO/c1-2-13-10-7-9(11)4-3-8(10)5-6-12/h3-4,7H,2,5H2,1H3. The van der Waals surface area contributed by atoms with Crippen LogP contribution in [-0.2, 0) is 6.42 Å². The van der Waals surface area contributed by atoms with Gasteiger partial charge in [0.25, 0.3) is 0 Å². The lowest BCUT2D eigenvalue weighted by Crippen LogP contribution is -1.95. The maximum atomic E-state index is 8.54. The largest absolute Gasteiger partial charge is 0.494 e. The topological polar surface area (TPSA) is 33.0 Å². The highest BCUT2D eigenvalue weighted by atomic mass is 35.5. The first-order chi connectivity index (χ1) is 6.27. The number of ether oxygens (including phenoxy) is 1. The van der Waals surface area contributed by atoms with Crippen molar-refractivity contribution in [3.05, 3.63) is 28.8 Å². The van der Waals surface area contributed by atoms with Crippen LogP contribution in [0.1, 0.15) is 12.5 Å². The Morgan fingerprint density at radius 3 is 2.92 bits per heavy atom. The Morgan fingerprint density at radius 1 is 1.54 bits per heavy atom. The molecule has 68 valence electrons. The van der Waals surface area contributed by atoms with Crippen molar-refractivity contribution in [2.24, 2.45) is 0 Å². The van der Waals surface area contributed by atoms with Gasteiger partial charge in [0.15, 0.2) is 0 Å². The summed E-state index contributed by atoms with van der Waals surface area (Å²) in [5, 5.41) is 9.17. The van der Waals surface area contributed by atoms with E-state index >= 15 is 0 Å². The molecule has 13 heavy (non-hydrogen) atoms. The van der Waals surface area contributed by atoms with Gasteiger partial charge < -0.3 is 4.74 Å². The van der Waals surface area contributed by atoms with Gasteiger partial charge in [-0.05, 0) is 19.1 Å². The van der Waals surface area contributed by atoms with Crippen molar-refractivity contribution in [2.45, 2.75) is 13.3 Å². The molecule has 1 rings (SSSR count). The molecule has 0 spiro atoms. The van der Waals surface area contributed by atoms with E-state index in [9.17, 15) is 0 Å². The van der Waals surface area contributed by atoms with Crippen molar-refractivity contribution in [1.29, 1.82) is 5.26 Å². The highest BCUT2D eigenvalue weighted by Gasteiger charge is 2.03. The van der Waals surface area contributed by atoms with E-state index in [0.717, 1.165) is 5.56 Å². The Labute approximate surface area is 82.7 Å². The fraction of sp³-hybridized carbons (Fsp3) is 0.300. The molecule has 0 aromatic heterocycles. The van der Waals surface area contributed by atoms with Gasteiger partial charge in [0, 0.05) is 10.6 Å². The van der Waals surface area contributed by atoms with Crippen LogP contribution in [0.3, 0.4) is 0 Å². The smallest absolute Gasteiger partial charge is 0.124 e. The highest BCUT2D eigenvalue weighted by Crippen LogP contribution is 2.23. The van der Waals surface area contributed by atoms with Crippen molar-refractivity contribution in [3.63, 3.8) is 0 Å². The average molecular weight is 196 g/mol. The second-order valence-corrected chi connectivity index (χ2v) is 2.96. The molecule has 3 heteroatoms. The Hall–Kier alpha value is -1.20. The number of nitriles is 1. The van der Waals surface area contributed by atoms with E-state index in [4.69, 9.17) is 21.6 Å². The van der Waals surface area contributed by atoms with Crippen LogP contribution in [0.2, 0.25) is 5.02 Å². The van der Waals surface area contributed by atoms with Crippen molar-refractivity contribution in [2.75, 3.05) is 6.61 Å². The maximum Gasteiger partial charge on any atom is 0.124 e. The van der Waals surface area contributed by atoms with Crippen LogP contribution in [0.25, 0.3) is 0 Å². The quantitative estimate of drug-likeness (QED) is 0.743. The van der Waals surface area contributed by atoms with Gasteiger partial charge in [0.2, 0.25) is 0 Å². The van der Waals surface area contributed by atoms with Crippen LogP contribution in [0.5, 0.6) is 5.75 Å². The molecule has 0 unspecified atom stereocenters. The Balaban J connectivity index is 2.97. The molecule has 0 aliphatic carbocycles. The van der Waals surface area contributed by atoms with E-state index in [-0.39, 0.29) is 0 Å². The normalized spacial score (nSPS) is 9.31. The molecule has 2 nitrogen and oxygen atoms in total. The molecule has 0 amide bonds. The second-order valence-electron chi connectivity index (χ2n) is 2.52. The summed E-state index contributed by atoms with van der Waals surface area (Å²) in [6.45, 7) is 2.48. The summed E-state index contributed by atoms with van der Waals surface area (Å²) in [7, 11) is 0. The molecular weight excluding hydrogens is 186 g/mol. The first-order valence-corrected chi connectivity index (χ1v) is 4.44. The van der Waals surface area contributed by atoms with Crippen molar-refractivity contribution >= 4 is 11.6 Å². The van der Waals surface area contributed by atoms with Gasteiger partial charge in [-0.3, -0.25) is 0 Å². The summed E-state index contributed by atoms with van der Waals surface area (Å²) in [6.07, 6.45) is 0.354. The predicted octanol–water partition coefficient (Wildman–Crippen LogP) is 2.80. The Kier molecular flexibility index (Phi) is 3.60. The number of hydrogen-bond acceptors (Lipinski definition) is 2. The highest BCUT2D eigenvalue weighted by molar-refractivity contribution is 6.30. The van der Waals surface area contributed by atoms with Crippen LogP contribution in [-0.4, -0.2) is 6.61 Å². The summed E-state index contributed by atoms with van der Waals surface area (Å²) in [4.78, 5) is 0. The molecule has 0 bridgehead atoms. The van der Waals surface area contributed by atoms with Gasteiger partial charge in [-0.2, -0.15) is 5.26 Å². The number of benzene rings is 1. The summed E-state index contributed by atoms with van der Waals surface area (Å²) >= 11 is 5.79. The number of hydrogen-bond donors (Lipinski definition) is 0. The number of rotatable bonds is 3. The zero-order chi connectivity index (χ0) is 9.68. The van der Waals surface area contributed by atoms with Gasteiger partial charge >= 0.3 is 0 Å². The third-order valence-corrected chi connectivity index (χ3v) is 1.83. The second kappa shape index (κ2) is 4.74. The fourth-order valence-corrected chi connectivity index (χ4v) is 1.21. The molecule has 0 fully saturated rings. The van der Waals surface area contributed by atoms with E-state index < -0.39 is 0 Å². The number of halogens is 1. The van der Waals surface area contributed by atoms with Gasteiger partial charge in [0.1, 0.15) is 5.75 Å². The summed E-state index contributed by atoms with van der Waals surface area (Å²) in [5.41, 5.74) is 0.883. The van der Waals surface area contributed by atoms with Crippen molar-refractivity contribution < 1.29 is 4.74 Å². The zero-order valence-electron chi connectivity index (χ0n) is 7.38. The molecule has 0 saturated heterocycles. The van der Waals surface area contributed by atoms with Crippen LogP contribution < -0.4 is 4.74 Å². The third-order valence-electron chi connectivity index (χ3n) is 1.60. The number of nitrogens with zero attached hydrogens (tertiary/aromatic N) is 1. The van der Waals surface area contributed by atoms with Gasteiger partial charge in [0.05, 0.1) is 19.1 Å².